The molecule has 0 aliphatic carbocycles. The summed E-state index contributed by atoms with van der Waals surface area (Å²) in [5.74, 6) is 0.915. The summed E-state index contributed by atoms with van der Waals surface area (Å²) in [4.78, 5) is 16.0. The van der Waals surface area contributed by atoms with Gasteiger partial charge in [-0.05, 0) is 36.2 Å². The zero-order valence-electron chi connectivity index (χ0n) is 15.1. The maximum Gasteiger partial charge on any atom is 0.305 e. The van der Waals surface area contributed by atoms with Crippen LogP contribution in [0.3, 0.4) is 0 Å². The number of esters is 1. The molecule has 4 heteroatoms. The molecule has 0 amide bonds. The summed E-state index contributed by atoms with van der Waals surface area (Å²) in [5, 5.41) is 0. The van der Waals surface area contributed by atoms with Crippen LogP contribution in [0.5, 0.6) is 0 Å². The Balaban J connectivity index is 1.86. The van der Waals surface area contributed by atoms with E-state index in [-0.39, 0.29) is 5.97 Å². The van der Waals surface area contributed by atoms with Crippen molar-refractivity contribution in [2.75, 3.05) is 6.61 Å². The molecule has 2 aromatic carbocycles. The molecule has 0 atom stereocenters. The van der Waals surface area contributed by atoms with Crippen molar-refractivity contribution in [3.8, 4) is 5.69 Å². The maximum atomic E-state index is 11.2. The van der Waals surface area contributed by atoms with E-state index < -0.39 is 0 Å². The standard InChI is InChI=1S/C21H24N2O2/c1-4-19-22-21-15(3)7-6-8-18(21)23(19)17-11-9-16(10-12-17)13-14-25-20(24)5-2/h6-12H,4-5,13-14H2,1-3H3. The third-order valence-electron chi connectivity index (χ3n) is 4.41. The molecular formula is C21H24N2O2. The van der Waals surface area contributed by atoms with Gasteiger partial charge in [0, 0.05) is 24.9 Å². The summed E-state index contributed by atoms with van der Waals surface area (Å²) < 4.78 is 7.38. The van der Waals surface area contributed by atoms with Crippen molar-refractivity contribution in [1.82, 2.24) is 9.55 Å². The third-order valence-corrected chi connectivity index (χ3v) is 4.41. The van der Waals surface area contributed by atoms with Crippen molar-refractivity contribution in [1.29, 1.82) is 0 Å². The number of aromatic nitrogens is 2. The number of hydrogen-bond donors (Lipinski definition) is 0. The average Bonchev–Trinajstić information content (AvgIpc) is 3.02. The molecule has 0 aliphatic heterocycles. The molecule has 0 spiro atoms. The Morgan fingerprint density at radius 2 is 1.88 bits per heavy atom. The lowest BCUT2D eigenvalue weighted by Crippen LogP contribution is -2.06. The van der Waals surface area contributed by atoms with E-state index in [1.165, 1.54) is 5.56 Å². The molecule has 0 aliphatic rings. The lowest BCUT2D eigenvalue weighted by Gasteiger charge is -2.10. The number of benzene rings is 2. The zero-order valence-corrected chi connectivity index (χ0v) is 15.1. The highest BCUT2D eigenvalue weighted by molar-refractivity contribution is 5.81. The van der Waals surface area contributed by atoms with Crippen molar-refractivity contribution >= 4 is 17.0 Å². The Morgan fingerprint density at radius 1 is 1.12 bits per heavy atom. The van der Waals surface area contributed by atoms with Crippen LogP contribution < -0.4 is 0 Å². The summed E-state index contributed by atoms with van der Waals surface area (Å²) in [6, 6.07) is 14.7. The van der Waals surface area contributed by atoms with Gasteiger partial charge in [-0.1, -0.05) is 38.1 Å². The quantitative estimate of drug-likeness (QED) is 0.627. The van der Waals surface area contributed by atoms with Crippen LogP contribution in [0.15, 0.2) is 42.5 Å². The molecule has 25 heavy (non-hydrogen) atoms. The Hall–Kier alpha value is -2.62. The van der Waals surface area contributed by atoms with Gasteiger partial charge < -0.3 is 4.74 Å². The molecule has 0 saturated carbocycles. The number of para-hydroxylation sites is 1. The van der Waals surface area contributed by atoms with Crippen LogP contribution in [0.1, 0.15) is 37.2 Å². The molecule has 0 unspecified atom stereocenters. The molecule has 1 aromatic heterocycles. The van der Waals surface area contributed by atoms with Crippen LogP contribution in [0, 0.1) is 6.92 Å². The van der Waals surface area contributed by atoms with Crippen LogP contribution in [0.25, 0.3) is 16.7 Å². The highest BCUT2D eigenvalue weighted by atomic mass is 16.5. The summed E-state index contributed by atoms with van der Waals surface area (Å²) in [7, 11) is 0. The maximum absolute atomic E-state index is 11.2. The summed E-state index contributed by atoms with van der Waals surface area (Å²) >= 11 is 0. The number of carbonyl (C=O) groups is 1. The van der Waals surface area contributed by atoms with Gasteiger partial charge in [0.1, 0.15) is 5.82 Å². The molecule has 1 heterocycles. The van der Waals surface area contributed by atoms with Crippen LogP contribution >= 0.6 is 0 Å². The largest absolute Gasteiger partial charge is 0.465 e. The zero-order chi connectivity index (χ0) is 17.8. The van der Waals surface area contributed by atoms with Gasteiger partial charge in [0.05, 0.1) is 17.6 Å². The molecule has 3 rings (SSSR count). The Kier molecular flexibility index (Phi) is 5.17. The van der Waals surface area contributed by atoms with Crippen LogP contribution in [-0.2, 0) is 22.4 Å². The fourth-order valence-electron chi connectivity index (χ4n) is 3.01. The van der Waals surface area contributed by atoms with E-state index in [0.717, 1.165) is 41.0 Å². The molecule has 3 aromatic rings. The monoisotopic (exact) mass is 336 g/mol. The van der Waals surface area contributed by atoms with Crippen molar-refractivity contribution < 1.29 is 9.53 Å². The molecule has 0 fully saturated rings. The van der Waals surface area contributed by atoms with E-state index in [0.29, 0.717) is 13.0 Å². The number of rotatable bonds is 6. The molecule has 0 radical (unpaired) electrons. The Bertz CT molecular complexity index is 879. The van der Waals surface area contributed by atoms with Gasteiger partial charge in [0.2, 0.25) is 0 Å². The van der Waals surface area contributed by atoms with E-state index in [2.05, 4.69) is 60.9 Å². The Morgan fingerprint density at radius 3 is 2.56 bits per heavy atom. The minimum atomic E-state index is -0.149. The predicted molar refractivity (Wildman–Crippen MR) is 100 cm³/mol. The summed E-state index contributed by atoms with van der Waals surface area (Å²) in [6.07, 6.45) is 2.03. The second kappa shape index (κ2) is 7.51. The van der Waals surface area contributed by atoms with Gasteiger partial charge in [0.15, 0.2) is 0 Å². The van der Waals surface area contributed by atoms with Gasteiger partial charge in [-0.2, -0.15) is 0 Å². The van der Waals surface area contributed by atoms with Gasteiger partial charge in [-0.15, -0.1) is 0 Å². The minimum Gasteiger partial charge on any atom is -0.465 e. The molecule has 4 nitrogen and oxygen atoms in total. The number of aryl methyl sites for hydroxylation is 2. The number of imidazole rings is 1. The molecule has 0 N–H and O–H groups in total. The number of carbonyl (C=O) groups excluding carboxylic acids is 1. The number of hydrogen-bond acceptors (Lipinski definition) is 3. The fourth-order valence-corrected chi connectivity index (χ4v) is 3.01. The predicted octanol–water partition coefficient (Wildman–Crippen LogP) is 4.39. The second-order valence-corrected chi connectivity index (χ2v) is 6.15. The number of nitrogens with zero attached hydrogens (tertiary/aromatic N) is 2. The van der Waals surface area contributed by atoms with Crippen LogP contribution in [-0.4, -0.2) is 22.1 Å². The van der Waals surface area contributed by atoms with E-state index in [1.807, 2.05) is 0 Å². The lowest BCUT2D eigenvalue weighted by atomic mass is 10.1. The highest BCUT2D eigenvalue weighted by Crippen LogP contribution is 2.24. The first-order valence-electron chi connectivity index (χ1n) is 8.86. The third kappa shape index (κ3) is 3.58. The molecule has 0 saturated heterocycles. The van der Waals surface area contributed by atoms with Crippen molar-refractivity contribution in [2.24, 2.45) is 0 Å². The van der Waals surface area contributed by atoms with E-state index >= 15 is 0 Å². The lowest BCUT2D eigenvalue weighted by molar-refractivity contribution is -0.143. The highest BCUT2D eigenvalue weighted by Gasteiger charge is 2.12. The summed E-state index contributed by atoms with van der Waals surface area (Å²) in [6.45, 7) is 6.46. The van der Waals surface area contributed by atoms with Crippen LogP contribution in [0.2, 0.25) is 0 Å². The Labute approximate surface area is 148 Å². The van der Waals surface area contributed by atoms with Crippen molar-refractivity contribution in [2.45, 2.75) is 40.0 Å². The summed E-state index contributed by atoms with van der Waals surface area (Å²) in [5.41, 5.74) is 5.67. The van der Waals surface area contributed by atoms with Crippen LogP contribution in [0.4, 0.5) is 0 Å². The second-order valence-electron chi connectivity index (χ2n) is 6.15. The van der Waals surface area contributed by atoms with Gasteiger partial charge in [0.25, 0.3) is 0 Å². The SMILES string of the molecule is CCC(=O)OCCc1ccc(-n2c(CC)nc3c(C)cccc32)cc1. The van der Waals surface area contributed by atoms with Crippen molar-refractivity contribution in [3.63, 3.8) is 0 Å². The van der Waals surface area contributed by atoms with Gasteiger partial charge in [-0.25, -0.2) is 4.98 Å². The van der Waals surface area contributed by atoms with Crippen molar-refractivity contribution in [3.05, 3.63) is 59.4 Å². The van der Waals surface area contributed by atoms with E-state index in [4.69, 9.17) is 9.72 Å². The first-order valence-corrected chi connectivity index (χ1v) is 8.86. The normalized spacial score (nSPS) is 11.0. The first-order chi connectivity index (χ1) is 12.1. The molecule has 130 valence electrons. The number of ether oxygens (including phenoxy) is 1. The van der Waals surface area contributed by atoms with Gasteiger partial charge in [-0.3, -0.25) is 9.36 Å². The molecular weight excluding hydrogens is 312 g/mol. The smallest absolute Gasteiger partial charge is 0.305 e. The van der Waals surface area contributed by atoms with E-state index in [9.17, 15) is 4.79 Å². The first kappa shape index (κ1) is 17.2. The fraction of sp³-hybridized carbons (Fsp3) is 0.333. The van der Waals surface area contributed by atoms with E-state index in [1.54, 1.807) is 6.92 Å². The van der Waals surface area contributed by atoms with Gasteiger partial charge >= 0.3 is 5.97 Å². The topological polar surface area (TPSA) is 44.1 Å². The number of fused-ring (bicyclic) bond motifs is 1. The average molecular weight is 336 g/mol. The molecule has 0 bridgehead atoms. The minimum absolute atomic E-state index is 0.149.